The van der Waals surface area contributed by atoms with E-state index in [4.69, 9.17) is 0 Å². The zero-order valence-electron chi connectivity index (χ0n) is 19.9. The highest BCUT2D eigenvalue weighted by Gasteiger charge is 2.26. The molecule has 0 nitrogen and oxygen atoms in total. The summed E-state index contributed by atoms with van der Waals surface area (Å²) in [7, 11) is 0. The molecule has 0 amide bonds. The van der Waals surface area contributed by atoms with Crippen molar-refractivity contribution in [2.45, 2.75) is 142 Å². The van der Waals surface area contributed by atoms with Crippen LogP contribution in [0.4, 0.5) is 0 Å². The van der Waals surface area contributed by atoms with Gasteiger partial charge in [0, 0.05) is 0 Å². The number of unbranched alkanes of at least 4 members (excludes halogenated alkanes) is 15. The molecule has 0 saturated heterocycles. The highest BCUT2D eigenvalue weighted by atomic mass is 14.3. The normalized spacial score (nSPS) is 18.1. The van der Waals surface area contributed by atoms with Gasteiger partial charge in [-0.3, -0.25) is 0 Å². The van der Waals surface area contributed by atoms with Crippen LogP contribution in [-0.4, -0.2) is 0 Å². The topological polar surface area (TPSA) is 0 Å². The first kappa shape index (κ1) is 27.5. The van der Waals surface area contributed by atoms with Crippen LogP contribution >= 0.6 is 0 Å². The second kappa shape index (κ2) is 22.8. The van der Waals surface area contributed by atoms with Gasteiger partial charge in [0.05, 0.1) is 0 Å². The molecule has 0 aromatic carbocycles. The van der Waals surface area contributed by atoms with Gasteiger partial charge >= 0.3 is 0 Å². The van der Waals surface area contributed by atoms with Crippen molar-refractivity contribution in [1.29, 1.82) is 0 Å². The Hall–Kier alpha value is -0.520. The van der Waals surface area contributed by atoms with Crippen molar-refractivity contribution >= 4 is 0 Å². The minimum atomic E-state index is 0.866. The molecule has 0 aromatic heterocycles. The summed E-state index contributed by atoms with van der Waals surface area (Å²) in [4.78, 5) is 0. The van der Waals surface area contributed by atoms with Crippen LogP contribution in [0.1, 0.15) is 142 Å². The van der Waals surface area contributed by atoms with E-state index in [0.29, 0.717) is 0 Å². The summed E-state index contributed by atoms with van der Waals surface area (Å²) in [6.45, 7) is 12.2. The van der Waals surface area contributed by atoms with Crippen LogP contribution in [0.3, 0.4) is 0 Å². The van der Waals surface area contributed by atoms with Crippen LogP contribution in [0, 0.1) is 11.8 Å². The van der Waals surface area contributed by atoms with Gasteiger partial charge in [-0.25, -0.2) is 0 Å². The Bertz CT molecular complexity index is 316. The molecule has 0 heterocycles. The summed E-state index contributed by atoms with van der Waals surface area (Å²) in [5, 5.41) is 0. The first-order valence-electron chi connectivity index (χ1n) is 13.0. The molecule has 28 heavy (non-hydrogen) atoms. The van der Waals surface area contributed by atoms with Gasteiger partial charge in [0.1, 0.15) is 0 Å². The van der Waals surface area contributed by atoms with Crippen molar-refractivity contribution in [3.8, 4) is 0 Å². The maximum absolute atomic E-state index is 3.90. The standard InChI is InChI=1S/C14H26.C14H28/c1-3-5-6-7-8-9-10-14-12-11-13(14)4-2;1-3-5-7-9-11-13-14-12-10-8-6-4-2/h4,13-14H,2-3,5-12H2,1H3;3H,1,4-14H2,2H3. The molecule has 0 N–H and O–H groups in total. The van der Waals surface area contributed by atoms with Gasteiger partial charge in [-0.2, -0.15) is 0 Å². The zero-order valence-corrected chi connectivity index (χ0v) is 19.9. The molecular weight excluding hydrogens is 336 g/mol. The quantitative estimate of drug-likeness (QED) is 0.152. The molecule has 2 atom stereocenters. The maximum Gasteiger partial charge on any atom is -0.0208 e. The zero-order chi connectivity index (χ0) is 20.7. The third kappa shape index (κ3) is 17.6. The highest BCUT2D eigenvalue weighted by Crippen LogP contribution is 2.38. The van der Waals surface area contributed by atoms with Gasteiger partial charge in [0.2, 0.25) is 0 Å². The van der Waals surface area contributed by atoms with Gasteiger partial charge in [-0.05, 0) is 43.9 Å². The van der Waals surface area contributed by atoms with Gasteiger partial charge in [-0.15, -0.1) is 13.2 Å². The van der Waals surface area contributed by atoms with E-state index in [1.54, 1.807) is 0 Å². The second-order valence-corrected chi connectivity index (χ2v) is 9.05. The fourth-order valence-corrected chi connectivity index (χ4v) is 4.23. The van der Waals surface area contributed by atoms with Crippen molar-refractivity contribution in [3.63, 3.8) is 0 Å². The van der Waals surface area contributed by atoms with Crippen molar-refractivity contribution in [2.75, 3.05) is 0 Å². The van der Waals surface area contributed by atoms with Crippen LogP contribution in [0.15, 0.2) is 25.3 Å². The lowest BCUT2D eigenvalue weighted by Crippen LogP contribution is -2.23. The lowest BCUT2D eigenvalue weighted by Gasteiger charge is -2.34. The average molecular weight is 391 g/mol. The third-order valence-corrected chi connectivity index (χ3v) is 6.47. The molecule has 1 fully saturated rings. The predicted octanol–water partition coefficient (Wildman–Crippen LogP) is 10.4. The molecule has 2 unspecified atom stereocenters. The number of hydrogen-bond acceptors (Lipinski definition) is 0. The summed E-state index contributed by atoms with van der Waals surface area (Å²) < 4.78 is 0. The summed E-state index contributed by atoms with van der Waals surface area (Å²) in [5.74, 6) is 1.87. The minimum Gasteiger partial charge on any atom is -0.103 e. The van der Waals surface area contributed by atoms with Gasteiger partial charge in [-0.1, -0.05) is 122 Å². The van der Waals surface area contributed by atoms with E-state index in [1.165, 1.54) is 128 Å². The molecule has 0 radical (unpaired) electrons. The molecule has 0 bridgehead atoms. The van der Waals surface area contributed by atoms with Crippen LogP contribution in [0.5, 0.6) is 0 Å². The van der Waals surface area contributed by atoms with E-state index in [0.717, 1.165) is 11.8 Å². The molecule has 1 aliphatic carbocycles. The third-order valence-electron chi connectivity index (χ3n) is 6.47. The van der Waals surface area contributed by atoms with Gasteiger partial charge in [0.25, 0.3) is 0 Å². The molecule has 1 aliphatic rings. The minimum absolute atomic E-state index is 0.866. The first-order chi connectivity index (χ1) is 13.8. The monoisotopic (exact) mass is 390 g/mol. The fraction of sp³-hybridized carbons (Fsp3) is 0.857. The number of hydrogen-bond donors (Lipinski definition) is 0. The Morgan fingerprint density at radius 3 is 1.46 bits per heavy atom. The Kier molecular flexibility index (Phi) is 22.3. The molecule has 0 heteroatoms. The molecule has 1 rings (SSSR count). The summed E-state index contributed by atoms with van der Waals surface area (Å²) in [6, 6.07) is 0. The van der Waals surface area contributed by atoms with Crippen molar-refractivity contribution in [2.24, 2.45) is 11.8 Å². The number of allylic oxidation sites excluding steroid dienone is 2. The van der Waals surface area contributed by atoms with E-state index in [2.05, 4.69) is 33.1 Å². The Balaban J connectivity index is 0.000000521. The lowest BCUT2D eigenvalue weighted by atomic mass is 9.71. The van der Waals surface area contributed by atoms with E-state index in [1.807, 2.05) is 6.08 Å². The van der Waals surface area contributed by atoms with Crippen molar-refractivity contribution in [3.05, 3.63) is 25.3 Å². The van der Waals surface area contributed by atoms with E-state index < -0.39 is 0 Å². The average Bonchev–Trinajstić information content (AvgIpc) is 2.69. The van der Waals surface area contributed by atoms with Crippen molar-refractivity contribution < 1.29 is 0 Å². The van der Waals surface area contributed by atoms with Gasteiger partial charge < -0.3 is 0 Å². The Labute approximate surface area is 179 Å². The maximum atomic E-state index is 3.90. The van der Waals surface area contributed by atoms with Crippen LogP contribution in [0.2, 0.25) is 0 Å². The summed E-state index contributed by atoms with van der Waals surface area (Å²) >= 11 is 0. The summed E-state index contributed by atoms with van der Waals surface area (Å²) in [6.07, 6.45) is 32.6. The van der Waals surface area contributed by atoms with Crippen LogP contribution < -0.4 is 0 Å². The van der Waals surface area contributed by atoms with Crippen molar-refractivity contribution in [1.82, 2.24) is 0 Å². The number of rotatable bonds is 19. The van der Waals surface area contributed by atoms with E-state index in [9.17, 15) is 0 Å². The molecule has 0 aliphatic heterocycles. The lowest BCUT2D eigenvalue weighted by molar-refractivity contribution is 0.207. The summed E-state index contributed by atoms with van der Waals surface area (Å²) in [5.41, 5.74) is 0. The Morgan fingerprint density at radius 2 is 1.07 bits per heavy atom. The van der Waals surface area contributed by atoms with Crippen LogP contribution in [0.25, 0.3) is 0 Å². The molecular formula is C28H54. The Morgan fingerprint density at radius 1 is 0.607 bits per heavy atom. The molecule has 0 aromatic rings. The smallest absolute Gasteiger partial charge is 0.0208 e. The fourth-order valence-electron chi connectivity index (χ4n) is 4.23. The van der Waals surface area contributed by atoms with Gasteiger partial charge in [0.15, 0.2) is 0 Å². The first-order valence-corrected chi connectivity index (χ1v) is 13.0. The van der Waals surface area contributed by atoms with Crippen LogP contribution in [-0.2, 0) is 0 Å². The van der Waals surface area contributed by atoms with E-state index >= 15 is 0 Å². The highest BCUT2D eigenvalue weighted by molar-refractivity contribution is 4.92. The largest absolute Gasteiger partial charge is 0.103 e. The molecule has 166 valence electrons. The predicted molar refractivity (Wildman–Crippen MR) is 131 cm³/mol. The molecule has 0 spiro atoms. The molecule has 1 saturated carbocycles. The van der Waals surface area contributed by atoms with E-state index in [-0.39, 0.29) is 0 Å². The SMILES string of the molecule is C=CC1CCC1CCCCCCCC.C=CCCCCCCCCCCCC. The second-order valence-electron chi connectivity index (χ2n) is 9.05.